The standard InChI is InChI=1S/C19H22F3N5O3/c1-12(23-13(2)28)18(29)27-8-6-26(7-9-27)11-16-24-17(25-30-16)14-4-3-5-15(10-14)19(20,21)22/h3-5,10,12H,6-9,11H2,1-2H3,(H,23,28). The largest absolute Gasteiger partial charge is 0.416 e. The second kappa shape index (κ2) is 8.82. The molecule has 0 spiro atoms. The first-order valence-corrected chi connectivity index (χ1v) is 9.42. The molecule has 11 heteroatoms. The molecule has 1 unspecified atom stereocenters. The van der Waals surface area contributed by atoms with Crippen LogP contribution >= 0.6 is 0 Å². The molecule has 8 nitrogen and oxygen atoms in total. The lowest BCUT2D eigenvalue weighted by Crippen LogP contribution is -2.53. The molecule has 30 heavy (non-hydrogen) atoms. The number of rotatable bonds is 5. The van der Waals surface area contributed by atoms with Crippen molar-refractivity contribution in [2.45, 2.75) is 32.6 Å². The van der Waals surface area contributed by atoms with Crippen molar-refractivity contribution in [3.05, 3.63) is 35.7 Å². The van der Waals surface area contributed by atoms with Crippen molar-refractivity contribution < 1.29 is 27.3 Å². The smallest absolute Gasteiger partial charge is 0.345 e. The second-order valence-electron chi connectivity index (χ2n) is 7.11. The van der Waals surface area contributed by atoms with Gasteiger partial charge in [0.2, 0.25) is 23.5 Å². The summed E-state index contributed by atoms with van der Waals surface area (Å²) in [6.45, 7) is 5.44. The van der Waals surface area contributed by atoms with Crippen molar-refractivity contribution in [3.63, 3.8) is 0 Å². The van der Waals surface area contributed by atoms with Gasteiger partial charge in [-0.3, -0.25) is 14.5 Å². The highest BCUT2D eigenvalue weighted by Crippen LogP contribution is 2.31. The normalized spacial score (nSPS) is 16.4. The number of hydrogen-bond donors (Lipinski definition) is 1. The van der Waals surface area contributed by atoms with Crippen molar-refractivity contribution in [3.8, 4) is 11.4 Å². The molecule has 2 heterocycles. The Labute approximate surface area is 171 Å². The third-order valence-corrected chi connectivity index (χ3v) is 4.75. The van der Waals surface area contributed by atoms with Crippen LogP contribution in [0.1, 0.15) is 25.3 Å². The molecule has 0 aliphatic carbocycles. The van der Waals surface area contributed by atoms with Crippen LogP contribution in [0.4, 0.5) is 13.2 Å². The SMILES string of the molecule is CC(=O)NC(C)C(=O)N1CCN(Cc2nc(-c3cccc(C(F)(F)F)c3)no2)CC1. The fourth-order valence-corrected chi connectivity index (χ4v) is 3.23. The van der Waals surface area contributed by atoms with E-state index in [1.807, 2.05) is 4.90 Å². The fraction of sp³-hybridized carbons (Fsp3) is 0.474. The number of amides is 2. The molecule has 1 aliphatic rings. The molecule has 1 aliphatic heterocycles. The molecule has 3 rings (SSSR count). The average molecular weight is 425 g/mol. The van der Waals surface area contributed by atoms with Crippen LogP contribution in [0.5, 0.6) is 0 Å². The fourth-order valence-electron chi connectivity index (χ4n) is 3.23. The zero-order chi connectivity index (χ0) is 21.9. The van der Waals surface area contributed by atoms with Crippen LogP contribution in [-0.2, 0) is 22.3 Å². The maximum absolute atomic E-state index is 12.9. The van der Waals surface area contributed by atoms with Crippen LogP contribution in [0, 0.1) is 0 Å². The molecule has 1 saturated heterocycles. The van der Waals surface area contributed by atoms with Gasteiger partial charge in [0.1, 0.15) is 6.04 Å². The molecule has 0 radical (unpaired) electrons. The van der Waals surface area contributed by atoms with E-state index in [-0.39, 0.29) is 29.1 Å². The molecule has 1 N–H and O–H groups in total. The van der Waals surface area contributed by atoms with Gasteiger partial charge < -0.3 is 14.7 Å². The molecule has 1 fully saturated rings. The maximum atomic E-state index is 12.9. The van der Waals surface area contributed by atoms with Crippen LogP contribution < -0.4 is 5.32 Å². The Morgan fingerprint density at radius 3 is 2.57 bits per heavy atom. The van der Waals surface area contributed by atoms with E-state index in [2.05, 4.69) is 15.5 Å². The zero-order valence-corrected chi connectivity index (χ0v) is 16.6. The van der Waals surface area contributed by atoms with Crippen LogP contribution in [0.15, 0.2) is 28.8 Å². The number of halogens is 3. The van der Waals surface area contributed by atoms with Gasteiger partial charge in [-0.25, -0.2) is 0 Å². The Kier molecular flexibility index (Phi) is 6.40. The molecule has 2 amide bonds. The van der Waals surface area contributed by atoms with Gasteiger partial charge in [-0.2, -0.15) is 18.2 Å². The maximum Gasteiger partial charge on any atom is 0.416 e. The summed E-state index contributed by atoms with van der Waals surface area (Å²) in [6, 6.07) is 4.17. The number of alkyl halides is 3. The first-order valence-electron chi connectivity index (χ1n) is 9.42. The van der Waals surface area contributed by atoms with Crippen molar-refractivity contribution in [2.24, 2.45) is 0 Å². The zero-order valence-electron chi connectivity index (χ0n) is 16.6. The summed E-state index contributed by atoms with van der Waals surface area (Å²) in [5.41, 5.74) is -0.553. The minimum atomic E-state index is -4.45. The lowest BCUT2D eigenvalue weighted by molar-refractivity contribution is -0.137. The number of carbonyl (C=O) groups excluding carboxylic acids is 2. The average Bonchev–Trinajstić information content (AvgIpc) is 3.15. The summed E-state index contributed by atoms with van der Waals surface area (Å²) < 4.78 is 43.8. The van der Waals surface area contributed by atoms with Gasteiger partial charge in [-0.15, -0.1) is 0 Å². The molecular formula is C19H22F3N5O3. The van der Waals surface area contributed by atoms with E-state index in [1.54, 1.807) is 11.8 Å². The van der Waals surface area contributed by atoms with Crippen LogP contribution in [0.3, 0.4) is 0 Å². The Hall–Kier alpha value is -2.95. The van der Waals surface area contributed by atoms with Crippen molar-refractivity contribution in [2.75, 3.05) is 26.2 Å². The predicted octanol–water partition coefficient (Wildman–Crippen LogP) is 1.92. The van der Waals surface area contributed by atoms with Gasteiger partial charge >= 0.3 is 6.18 Å². The molecular weight excluding hydrogens is 403 g/mol. The van der Waals surface area contributed by atoms with E-state index in [4.69, 9.17) is 4.52 Å². The highest BCUT2D eigenvalue weighted by atomic mass is 19.4. The van der Waals surface area contributed by atoms with Crippen molar-refractivity contribution >= 4 is 11.8 Å². The van der Waals surface area contributed by atoms with Gasteiger partial charge in [0.25, 0.3) is 0 Å². The quantitative estimate of drug-likeness (QED) is 0.787. The molecule has 2 aromatic rings. The highest BCUT2D eigenvalue weighted by molar-refractivity contribution is 5.86. The van der Waals surface area contributed by atoms with E-state index in [0.29, 0.717) is 32.7 Å². The van der Waals surface area contributed by atoms with Gasteiger partial charge in [-0.1, -0.05) is 17.3 Å². The lowest BCUT2D eigenvalue weighted by atomic mass is 10.1. The third-order valence-electron chi connectivity index (χ3n) is 4.75. The third kappa shape index (κ3) is 5.35. The van der Waals surface area contributed by atoms with Gasteiger partial charge in [0.15, 0.2) is 0 Å². The molecule has 1 aromatic heterocycles. The van der Waals surface area contributed by atoms with Crippen molar-refractivity contribution in [1.82, 2.24) is 25.3 Å². The van der Waals surface area contributed by atoms with E-state index >= 15 is 0 Å². The highest BCUT2D eigenvalue weighted by Gasteiger charge is 2.31. The van der Waals surface area contributed by atoms with E-state index in [9.17, 15) is 22.8 Å². The van der Waals surface area contributed by atoms with Gasteiger partial charge in [-0.05, 0) is 19.1 Å². The molecule has 0 saturated carbocycles. The summed E-state index contributed by atoms with van der Waals surface area (Å²) in [5, 5.41) is 6.36. The summed E-state index contributed by atoms with van der Waals surface area (Å²) >= 11 is 0. The van der Waals surface area contributed by atoms with E-state index in [0.717, 1.165) is 12.1 Å². The van der Waals surface area contributed by atoms with Crippen LogP contribution in [0.2, 0.25) is 0 Å². The topological polar surface area (TPSA) is 91.6 Å². The van der Waals surface area contributed by atoms with Crippen molar-refractivity contribution in [1.29, 1.82) is 0 Å². The number of piperazine rings is 1. The van der Waals surface area contributed by atoms with E-state index in [1.165, 1.54) is 19.1 Å². The summed E-state index contributed by atoms with van der Waals surface area (Å²) in [4.78, 5) is 31.3. The van der Waals surface area contributed by atoms with Crippen LogP contribution in [0.25, 0.3) is 11.4 Å². The molecule has 1 atom stereocenters. The Morgan fingerprint density at radius 2 is 1.93 bits per heavy atom. The molecule has 1 aromatic carbocycles. The summed E-state index contributed by atoms with van der Waals surface area (Å²) in [7, 11) is 0. The summed E-state index contributed by atoms with van der Waals surface area (Å²) in [6.07, 6.45) is -4.45. The Bertz CT molecular complexity index is 907. The monoisotopic (exact) mass is 425 g/mol. The van der Waals surface area contributed by atoms with Crippen LogP contribution in [-0.4, -0.2) is 64.0 Å². The van der Waals surface area contributed by atoms with E-state index < -0.39 is 17.8 Å². The van der Waals surface area contributed by atoms with Gasteiger partial charge in [0.05, 0.1) is 12.1 Å². The second-order valence-corrected chi connectivity index (χ2v) is 7.11. The Morgan fingerprint density at radius 1 is 1.23 bits per heavy atom. The number of benzene rings is 1. The first-order chi connectivity index (χ1) is 14.1. The lowest BCUT2D eigenvalue weighted by Gasteiger charge is -2.35. The number of nitrogens with one attached hydrogen (secondary N) is 1. The predicted molar refractivity (Wildman–Crippen MR) is 99.9 cm³/mol. The minimum Gasteiger partial charge on any atom is -0.345 e. The molecule has 162 valence electrons. The first kappa shape index (κ1) is 21.8. The number of nitrogens with zero attached hydrogens (tertiary/aromatic N) is 4. The summed E-state index contributed by atoms with van der Waals surface area (Å²) in [5.74, 6) is -0.0280. The minimum absolute atomic E-state index is 0.0917. The number of hydrogen-bond acceptors (Lipinski definition) is 6. The number of carbonyl (C=O) groups is 2. The van der Waals surface area contributed by atoms with Gasteiger partial charge in [0, 0.05) is 38.7 Å². The number of aromatic nitrogens is 2. The Balaban J connectivity index is 1.56. The molecule has 0 bridgehead atoms.